The van der Waals surface area contributed by atoms with Crippen LogP contribution in [0.2, 0.25) is 0 Å². The number of ketones is 2. The Balaban J connectivity index is 1.80. The summed E-state index contributed by atoms with van der Waals surface area (Å²) in [5.74, 6) is 0.0247. The van der Waals surface area contributed by atoms with E-state index >= 15 is 0 Å². The highest BCUT2D eigenvalue weighted by atomic mass is 16.2. The van der Waals surface area contributed by atoms with Crippen LogP contribution in [0.4, 0.5) is 4.79 Å². The third-order valence-corrected chi connectivity index (χ3v) is 1.95. The second-order valence-corrected chi connectivity index (χ2v) is 3.20. The highest BCUT2D eigenvalue weighted by molar-refractivity contribution is 6.01. The van der Waals surface area contributed by atoms with Gasteiger partial charge in [0.15, 0.2) is 11.6 Å². The summed E-state index contributed by atoms with van der Waals surface area (Å²) in [4.78, 5) is 32.2. The van der Waals surface area contributed by atoms with Crippen molar-refractivity contribution in [1.82, 2.24) is 10.6 Å². The quantitative estimate of drug-likeness (QED) is 0.646. The zero-order chi connectivity index (χ0) is 10.1. The fraction of sp³-hybridized carbons (Fsp3) is 0.222. The topological polar surface area (TPSA) is 75.3 Å². The molecule has 0 aromatic heterocycles. The molecule has 2 N–H and O–H groups in total. The maximum absolute atomic E-state index is 11.1. The molecule has 0 radical (unpaired) electrons. The van der Waals surface area contributed by atoms with Crippen molar-refractivity contribution in [2.75, 3.05) is 0 Å². The molecule has 0 saturated carbocycles. The van der Waals surface area contributed by atoms with Crippen molar-refractivity contribution in [2.24, 2.45) is 0 Å². The van der Waals surface area contributed by atoms with Gasteiger partial charge in [-0.2, -0.15) is 0 Å². The van der Waals surface area contributed by atoms with Gasteiger partial charge in [-0.25, -0.2) is 4.79 Å². The van der Waals surface area contributed by atoms with Gasteiger partial charge in [0.1, 0.15) is 0 Å². The van der Waals surface area contributed by atoms with E-state index in [4.69, 9.17) is 0 Å². The first-order chi connectivity index (χ1) is 6.63. The Bertz CT molecular complexity index is 357. The Labute approximate surface area is 79.9 Å². The van der Waals surface area contributed by atoms with E-state index in [0.29, 0.717) is 11.4 Å². The molecule has 0 aliphatic heterocycles. The monoisotopic (exact) mass is 192 g/mol. The SMILES string of the molecule is O=C1C=C(NC(=O)NC2=CC(=O)C2)C1. The number of hydrogen-bond donors (Lipinski definition) is 2. The normalized spacial score (nSPS) is 18.9. The molecule has 14 heavy (non-hydrogen) atoms. The maximum Gasteiger partial charge on any atom is 0.323 e. The first-order valence-electron chi connectivity index (χ1n) is 4.18. The molecule has 0 atom stereocenters. The highest BCUT2D eigenvalue weighted by Gasteiger charge is 2.20. The Hall–Kier alpha value is -1.91. The standard InChI is InChI=1S/C9H8N2O3/c12-7-1-5(2-7)10-9(14)11-6-3-8(13)4-6/h1,3H,2,4H2,(H2,10,11,14). The van der Waals surface area contributed by atoms with Crippen LogP contribution in [0.3, 0.4) is 0 Å². The van der Waals surface area contributed by atoms with Crippen LogP contribution >= 0.6 is 0 Å². The summed E-state index contributed by atoms with van der Waals surface area (Å²) in [5, 5.41) is 5.00. The van der Waals surface area contributed by atoms with Crippen molar-refractivity contribution in [2.45, 2.75) is 12.8 Å². The zero-order valence-corrected chi connectivity index (χ0v) is 7.29. The lowest BCUT2D eigenvalue weighted by molar-refractivity contribution is -0.116. The third-order valence-electron chi connectivity index (χ3n) is 1.95. The van der Waals surface area contributed by atoms with E-state index in [0.717, 1.165) is 0 Å². The molecule has 0 heterocycles. The number of rotatable bonds is 2. The van der Waals surface area contributed by atoms with Crippen LogP contribution in [0, 0.1) is 0 Å². The molecule has 2 aliphatic rings. The van der Waals surface area contributed by atoms with Crippen LogP contribution < -0.4 is 10.6 Å². The van der Waals surface area contributed by atoms with Gasteiger partial charge in [0.2, 0.25) is 0 Å². The van der Waals surface area contributed by atoms with Gasteiger partial charge < -0.3 is 10.6 Å². The van der Waals surface area contributed by atoms with E-state index in [1.165, 1.54) is 12.2 Å². The Morgan fingerprint density at radius 3 is 1.64 bits per heavy atom. The third kappa shape index (κ3) is 1.71. The zero-order valence-electron chi connectivity index (χ0n) is 7.29. The second-order valence-electron chi connectivity index (χ2n) is 3.20. The first-order valence-corrected chi connectivity index (χ1v) is 4.18. The van der Waals surface area contributed by atoms with E-state index in [-0.39, 0.29) is 24.4 Å². The summed E-state index contributed by atoms with van der Waals surface area (Å²) in [6.45, 7) is 0. The molecular weight excluding hydrogens is 184 g/mol. The van der Waals surface area contributed by atoms with E-state index in [1.54, 1.807) is 0 Å². The van der Waals surface area contributed by atoms with Crippen molar-refractivity contribution < 1.29 is 14.4 Å². The van der Waals surface area contributed by atoms with Crippen molar-refractivity contribution in [3.8, 4) is 0 Å². The summed E-state index contributed by atoms with van der Waals surface area (Å²) in [6, 6.07) is -0.400. The van der Waals surface area contributed by atoms with Gasteiger partial charge in [0, 0.05) is 23.5 Å². The first kappa shape index (κ1) is 8.68. The summed E-state index contributed by atoms with van der Waals surface area (Å²) in [6.07, 6.45) is 3.32. The van der Waals surface area contributed by atoms with Gasteiger partial charge in [0.05, 0.1) is 12.8 Å². The van der Waals surface area contributed by atoms with Crippen LogP contribution in [0.25, 0.3) is 0 Å². The Kier molecular flexibility index (Phi) is 1.92. The molecule has 5 heteroatoms. The number of nitrogens with one attached hydrogen (secondary N) is 2. The predicted molar refractivity (Wildman–Crippen MR) is 47.1 cm³/mol. The summed E-state index contributed by atoms with van der Waals surface area (Å²) < 4.78 is 0. The fourth-order valence-electron chi connectivity index (χ4n) is 1.19. The van der Waals surface area contributed by atoms with Gasteiger partial charge in [-0.1, -0.05) is 0 Å². The highest BCUT2D eigenvalue weighted by Crippen LogP contribution is 2.12. The lowest BCUT2D eigenvalue weighted by Crippen LogP contribution is -2.39. The molecule has 2 aliphatic carbocycles. The number of carbonyl (C=O) groups excluding carboxylic acids is 3. The largest absolute Gasteiger partial charge is 0.323 e. The molecule has 0 saturated heterocycles. The molecule has 5 nitrogen and oxygen atoms in total. The molecule has 0 spiro atoms. The van der Waals surface area contributed by atoms with Gasteiger partial charge in [-0.3, -0.25) is 9.59 Å². The molecular formula is C9H8N2O3. The predicted octanol–water partition coefficient (Wildman–Crippen LogP) is -0.00100. The lowest BCUT2D eigenvalue weighted by Gasteiger charge is -2.18. The Morgan fingerprint density at radius 2 is 1.36 bits per heavy atom. The van der Waals surface area contributed by atoms with E-state index in [2.05, 4.69) is 10.6 Å². The molecule has 2 rings (SSSR count). The van der Waals surface area contributed by atoms with Gasteiger partial charge >= 0.3 is 6.03 Å². The van der Waals surface area contributed by atoms with Crippen molar-refractivity contribution in [3.63, 3.8) is 0 Å². The summed E-state index contributed by atoms with van der Waals surface area (Å²) >= 11 is 0. The van der Waals surface area contributed by atoms with E-state index in [9.17, 15) is 14.4 Å². The minimum Gasteiger partial charge on any atom is -0.311 e. The van der Waals surface area contributed by atoms with Crippen LogP contribution in [0.15, 0.2) is 23.5 Å². The Morgan fingerprint density at radius 1 is 1.00 bits per heavy atom. The number of allylic oxidation sites excluding steroid dienone is 4. The van der Waals surface area contributed by atoms with Crippen molar-refractivity contribution >= 4 is 17.6 Å². The average Bonchev–Trinajstić information content (AvgIpc) is 1.98. The molecule has 0 fully saturated rings. The minimum absolute atomic E-state index is 0.0123. The summed E-state index contributed by atoms with van der Waals surface area (Å²) in [5.41, 5.74) is 1.22. The fourth-order valence-corrected chi connectivity index (χ4v) is 1.19. The van der Waals surface area contributed by atoms with Gasteiger partial charge in [0.25, 0.3) is 0 Å². The molecule has 0 unspecified atom stereocenters. The number of amides is 2. The van der Waals surface area contributed by atoms with Crippen LogP contribution in [0.5, 0.6) is 0 Å². The second kappa shape index (κ2) is 3.10. The van der Waals surface area contributed by atoms with E-state index < -0.39 is 6.03 Å². The lowest BCUT2D eigenvalue weighted by atomic mass is 10.0. The van der Waals surface area contributed by atoms with Gasteiger partial charge in [-0.15, -0.1) is 0 Å². The van der Waals surface area contributed by atoms with Crippen LogP contribution in [-0.4, -0.2) is 17.6 Å². The maximum atomic E-state index is 11.1. The smallest absolute Gasteiger partial charge is 0.311 e. The number of carbonyl (C=O) groups is 3. The summed E-state index contributed by atoms with van der Waals surface area (Å²) in [7, 11) is 0. The molecule has 2 amide bonds. The van der Waals surface area contributed by atoms with Crippen LogP contribution in [-0.2, 0) is 9.59 Å². The molecule has 0 aromatic carbocycles. The molecule has 72 valence electrons. The van der Waals surface area contributed by atoms with E-state index in [1.807, 2.05) is 0 Å². The molecule has 0 aromatic rings. The molecule has 0 bridgehead atoms. The van der Waals surface area contributed by atoms with Crippen molar-refractivity contribution in [3.05, 3.63) is 23.5 Å². The minimum atomic E-state index is -0.400. The van der Waals surface area contributed by atoms with Crippen molar-refractivity contribution in [1.29, 1.82) is 0 Å². The number of hydrogen-bond acceptors (Lipinski definition) is 3. The average molecular weight is 192 g/mol. The van der Waals surface area contributed by atoms with Crippen LogP contribution in [0.1, 0.15) is 12.8 Å². The van der Waals surface area contributed by atoms with Gasteiger partial charge in [-0.05, 0) is 0 Å². The number of urea groups is 1.